The summed E-state index contributed by atoms with van der Waals surface area (Å²) in [6.07, 6.45) is 7.26. The Morgan fingerprint density at radius 2 is 1.95 bits per heavy atom. The normalized spacial score (nSPS) is 25.1. The van der Waals surface area contributed by atoms with Gasteiger partial charge in [0.05, 0.1) is 11.7 Å². The van der Waals surface area contributed by atoms with Gasteiger partial charge in [-0.3, -0.25) is 0 Å². The third-order valence-corrected chi connectivity index (χ3v) is 4.31. The van der Waals surface area contributed by atoms with Gasteiger partial charge in [0, 0.05) is 18.3 Å². The standard InChI is InChI=1S/C15H19F2NO/c16-13-4-3-11(9-14(13)17)18-10-12-5-8-15(19-12)6-1-2-7-15/h3-4,9,12,18H,1-2,5-8,10H2. The molecule has 0 bridgehead atoms. The van der Waals surface area contributed by atoms with Crippen molar-refractivity contribution in [2.75, 3.05) is 11.9 Å². The fourth-order valence-corrected chi connectivity index (χ4v) is 3.26. The smallest absolute Gasteiger partial charge is 0.160 e. The Bertz CT molecular complexity index is 457. The number of hydrogen-bond donors (Lipinski definition) is 1. The molecular formula is C15H19F2NO. The topological polar surface area (TPSA) is 21.3 Å². The van der Waals surface area contributed by atoms with Crippen LogP contribution >= 0.6 is 0 Å². The molecular weight excluding hydrogens is 248 g/mol. The Balaban J connectivity index is 1.54. The molecule has 1 atom stereocenters. The van der Waals surface area contributed by atoms with E-state index in [2.05, 4.69) is 5.32 Å². The quantitative estimate of drug-likeness (QED) is 0.897. The maximum absolute atomic E-state index is 13.1. The zero-order valence-corrected chi connectivity index (χ0v) is 10.9. The van der Waals surface area contributed by atoms with Gasteiger partial charge in [0.25, 0.3) is 0 Å². The molecule has 2 aliphatic rings. The predicted molar refractivity (Wildman–Crippen MR) is 70.2 cm³/mol. The molecule has 0 amide bonds. The highest BCUT2D eigenvalue weighted by Gasteiger charge is 2.41. The minimum atomic E-state index is -0.815. The maximum Gasteiger partial charge on any atom is 0.160 e. The van der Waals surface area contributed by atoms with Crippen LogP contribution in [0.2, 0.25) is 0 Å². The molecule has 1 aromatic rings. The summed E-state index contributed by atoms with van der Waals surface area (Å²) in [5.41, 5.74) is 0.732. The second kappa shape index (κ2) is 5.08. The van der Waals surface area contributed by atoms with E-state index in [1.807, 2.05) is 0 Å². The van der Waals surface area contributed by atoms with Crippen molar-refractivity contribution in [1.82, 2.24) is 0 Å². The third-order valence-electron chi connectivity index (χ3n) is 4.31. The van der Waals surface area contributed by atoms with Crippen LogP contribution in [0.25, 0.3) is 0 Å². The van der Waals surface area contributed by atoms with E-state index in [1.54, 1.807) is 6.07 Å². The molecule has 19 heavy (non-hydrogen) atoms. The van der Waals surface area contributed by atoms with Crippen molar-refractivity contribution in [3.05, 3.63) is 29.8 Å². The molecule has 1 aliphatic heterocycles. The predicted octanol–water partition coefficient (Wildman–Crippen LogP) is 3.87. The number of rotatable bonds is 3. The van der Waals surface area contributed by atoms with E-state index >= 15 is 0 Å². The maximum atomic E-state index is 13.1. The molecule has 4 heteroatoms. The van der Waals surface area contributed by atoms with Gasteiger partial charge >= 0.3 is 0 Å². The van der Waals surface area contributed by atoms with E-state index in [4.69, 9.17) is 4.74 Å². The lowest BCUT2D eigenvalue weighted by atomic mass is 9.98. The summed E-state index contributed by atoms with van der Waals surface area (Å²) >= 11 is 0. The van der Waals surface area contributed by atoms with E-state index in [0.717, 1.165) is 18.9 Å². The molecule has 2 nitrogen and oxygen atoms in total. The van der Waals surface area contributed by atoms with Crippen LogP contribution in [-0.2, 0) is 4.74 Å². The number of hydrogen-bond acceptors (Lipinski definition) is 2. The van der Waals surface area contributed by atoms with Gasteiger partial charge < -0.3 is 10.1 Å². The average Bonchev–Trinajstić information content (AvgIpc) is 3.02. The Hall–Kier alpha value is -1.16. The summed E-state index contributed by atoms with van der Waals surface area (Å²) in [6.45, 7) is 0.660. The number of anilines is 1. The SMILES string of the molecule is Fc1ccc(NCC2CCC3(CCCC3)O2)cc1F. The van der Waals surface area contributed by atoms with E-state index in [1.165, 1.54) is 31.7 Å². The van der Waals surface area contributed by atoms with Crippen molar-refractivity contribution in [1.29, 1.82) is 0 Å². The number of benzene rings is 1. The van der Waals surface area contributed by atoms with Crippen LogP contribution in [0.5, 0.6) is 0 Å². The van der Waals surface area contributed by atoms with Crippen LogP contribution in [-0.4, -0.2) is 18.2 Å². The first-order valence-electron chi connectivity index (χ1n) is 7.04. The molecule has 1 heterocycles. The number of nitrogens with one attached hydrogen (secondary N) is 1. The fraction of sp³-hybridized carbons (Fsp3) is 0.600. The molecule has 1 aliphatic carbocycles. The van der Waals surface area contributed by atoms with Crippen LogP contribution in [0, 0.1) is 11.6 Å². The summed E-state index contributed by atoms with van der Waals surface area (Å²) in [5.74, 6) is -1.63. The van der Waals surface area contributed by atoms with Crippen LogP contribution in [0.1, 0.15) is 38.5 Å². The average molecular weight is 267 g/mol. The minimum absolute atomic E-state index is 0.125. The molecule has 1 N–H and O–H groups in total. The Labute approximate surface area is 112 Å². The molecule has 1 saturated carbocycles. The molecule has 3 rings (SSSR count). The second-order valence-corrected chi connectivity index (χ2v) is 5.68. The summed E-state index contributed by atoms with van der Waals surface area (Å²) in [6, 6.07) is 3.89. The van der Waals surface area contributed by atoms with E-state index in [9.17, 15) is 8.78 Å². The van der Waals surface area contributed by atoms with Crippen molar-refractivity contribution < 1.29 is 13.5 Å². The summed E-state index contributed by atoms with van der Waals surface area (Å²) in [7, 11) is 0. The van der Waals surface area contributed by atoms with Gasteiger partial charge in [-0.15, -0.1) is 0 Å². The Kier molecular flexibility index (Phi) is 3.44. The van der Waals surface area contributed by atoms with Crippen molar-refractivity contribution in [3.63, 3.8) is 0 Å². The lowest BCUT2D eigenvalue weighted by Gasteiger charge is -2.24. The summed E-state index contributed by atoms with van der Waals surface area (Å²) < 4.78 is 32.0. The van der Waals surface area contributed by atoms with E-state index < -0.39 is 11.6 Å². The highest BCUT2D eigenvalue weighted by molar-refractivity contribution is 5.43. The van der Waals surface area contributed by atoms with Gasteiger partial charge in [-0.05, 0) is 37.8 Å². The van der Waals surface area contributed by atoms with Crippen LogP contribution < -0.4 is 5.32 Å². The molecule has 104 valence electrons. The lowest BCUT2D eigenvalue weighted by molar-refractivity contribution is -0.0307. The first-order chi connectivity index (χ1) is 9.17. The minimum Gasteiger partial charge on any atom is -0.382 e. The van der Waals surface area contributed by atoms with Crippen molar-refractivity contribution in [2.45, 2.75) is 50.2 Å². The van der Waals surface area contributed by atoms with Gasteiger partial charge in [0.2, 0.25) is 0 Å². The zero-order chi connectivity index (χ0) is 13.3. The third kappa shape index (κ3) is 2.73. The monoisotopic (exact) mass is 267 g/mol. The van der Waals surface area contributed by atoms with Crippen LogP contribution in [0.15, 0.2) is 18.2 Å². The zero-order valence-electron chi connectivity index (χ0n) is 10.9. The highest BCUT2D eigenvalue weighted by atomic mass is 19.2. The van der Waals surface area contributed by atoms with Crippen LogP contribution in [0.3, 0.4) is 0 Å². The Morgan fingerprint density at radius 1 is 1.16 bits per heavy atom. The van der Waals surface area contributed by atoms with E-state index in [-0.39, 0.29) is 11.7 Å². The summed E-state index contributed by atoms with van der Waals surface area (Å²) in [4.78, 5) is 0. The highest BCUT2D eigenvalue weighted by Crippen LogP contribution is 2.43. The van der Waals surface area contributed by atoms with Gasteiger partial charge in [-0.1, -0.05) is 12.8 Å². The van der Waals surface area contributed by atoms with E-state index in [0.29, 0.717) is 12.2 Å². The summed E-state index contributed by atoms with van der Waals surface area (Å²) in [5, 5.41) is 3.13. The fourth-order valence-electron chi connectivity index (χ4n) is 3.26. The van der Waals surface area contributed by atoms with Gasteiger partial charge in [0.1, 0.15) is 0 Å². The lowest BCUT2D eigenvalue weighted by Crippen LogP contribution is -2.27. The second-order valence-electron chi connectivity index (χ2n) is 5.68. The van der Waals surface area contributed by atoms with Gasteiger partial charge in [-0.2, -0.15) is 0 Å². The molecule has 1 unspecified atom stereocenters. The largest absolute Gasteiger partial charge is 0.382 e. The molecule has 2 fully saturated rings. The molecule has 1 aromatic carbocycles. The Morgan fingerprint density at radius 3 is 2.68 bits per heavy atom. The molecule has 1 saturated heterocycles. The van der Waals surface area contributed by atoms with Crippen molar-refractivity contribution >= 4 is 5.69 Å². The first kappa shape index (κ1) is 12.9. The number of ether oxygens (including phenoxy) is 1. The van der Waals surface area contributed by atoms with Crippen LogP contribution in [0.4, 0.5) is 14.5 Å². The molecule has 1 spiro atoms. The van der Waals surface area contributed by atoms with Crippen molar-refractivity contribution in [2.24, 2.45) is 0 Å². The van der Waals surface area contributed by atoms with Crippen molar-refractivity contribution in [3.8, 4) is 0 Å². The van der Waals surface area contributed by atoms with Gasteiger partial charge in [-0.25, -0.2) is 8.78 Å². The molecule has 0 radical (unpaired) electrons. The number of halogens is 2. The molecule has 0 aromatic heterocycles. The first-order valence-corrected chi connectivity index (χ1v) is 7.04. The van der Waals surface area contributed by atoms with Gasteiger partial charge in [0.15, 0.2) is 11.6 Å².